The Morgan fingerprint density at radius 3 is 2.31 bits per heavy atom. The number of non-ortho nitro benzene ring substituents is 1. The molecule has 2 aromatic carbocycles. The van der Waals surface area contributed by atoms with Crippen LogP contribution in [0, 0.1) is 21.4 Å². The van der Waals surface area contributed by atoms with Gasteiger partial charge in [0.2, 0.25) is 0 Å². The van der Waals surface area contributed by atoms with Crippen LogP contribution in [0.5, 0.6) is 5.75 Å². The summed E-state index contributed by atoms with van der Waals surface area (Å²) in [6.45, 7) is 2.88. The maximum Gasteiger partial charge on any atom is 0.269 e. The van der Waals surface area contributed by atoms with Crippen molar-refractivity contribution in [2.75, 3.05) is 12.3 Å². The highest BCUT2D eigenvalue weighted by atomic mass is 16.6. The number of rotatable bonds is 10. The smallest absolute Gasteiger partial charge is 0.269 e. The van der Waals surface area contributed by atoms with E-state index in [1.165, 1.54) is 37.8 Å². The second-order valence-electron chi connectivity index (χ2n) is 7.52. The van der Waals surface area contributed by atoms with Gasteiger partial charge >= 0.3 is 0 Å². The number of nitro groups is 1. The number of aromatic nitrogens is 1. The molecule has 0 aliphatic heterocycles. The summed E-state index contributed by atoms with van der Waals surface area (Å²) in [5.74, 6) is 0.895. The molecule has 0 unspecified atom stereocenters. The van der Waals surface area contributed by atoms with Gasteiger partial charge in [-0.05, 0) is 42.3 Å². The van der Waals surface area contributed by atoms with Crippen LogP contribution in [0.1, 0.15) is 44.6 Å². The molecule has 7 heteroatoms. The van der Waals surface area contributed by atoms with Crippen LogP contribution in [0.2, 0.25) is 0 Å². The molecule has 1 heterocycles. The zero-order valence-corrected chi connectivity index (χ0v) is 18.1. The molecule has 7 nitrogen and oxygen atoms in total. The van der Waals surface area contributed by atoms with Gasteiger partial charge < -0.3 is 10.5 Å². The van der Waals surface area contributed by atoms with Crippen LogP contribution in [0.15, 0.2) is 54.6 Å². The van der Waals surface area contributed by atoms with Crippen molar-refractivity contribution in [1.82, 2.24) is 4.98 Å². The maximum atomic E-state index is 10.9. The van der Waals surface area contributed by atoms with E-state index in [-0.39, 0.29) is 11.5 Å². The van der Waals surface area contributed by atoms with Crippen molar-refractivity contribution in [3.63, 3.8) is 0 Å². The topological polar surface area (TPSA) is 115 Å². The number of hydrogen-bond donors (Lipinski definition) is 1. The van der Waals surface area contributed by atoms with Crippen molar-refractivity contribution >= 4 is 11.5 Å². The molecule has 0 bridgehead atoms. The molecule has 0 aliphatic carbocycles. The zero-order valence-electron chi connectivity index (χ0n) is 18.1. The highest BCUT2D eigenvalue weighted by molar-refractivity contribution is 5.80. The minimum atomic E-state index is -0.454. The van der Waals surface area contributed by atoms with Gasteiger partial charge in [0, 0.05) is 23.3 Å². The fraction of sp³-hybridized carbons (Fsp3) is 0.280. The highest BCUT2D eigenvalue weighted by Crippen LogP contribution is 2.32. The first-order valence-corrected chi connectivity index (χ1v) is 10.7. The van der Waals surface area contributed by atoms with E-state index in [2.05, 4.69) is 18.0 Å². The zero-order chi connectivity index (χ0) is 22.9. The number of ether oxygens (including phenoxy) is 1. The van der Waals surface area contributed by atoms with Crippen molar-refractivity contribution < 1.29 is 9.66 Å². The number of nitrogen functional groups attached to an aromatic ring is 1. The van der Waals surface area contributed by atoms with E-state index >= 15 is 0 Å². The summed E-state index contributed by atoms with van der Waals surface area (Å²) in [6, 6.07) is 17.5. The van der Waals surface area contributed by atoms with E-state index in [4.69, 9.17) is 10.5 Å². The highest BCUT2D eigenvalue weighted by Gasteiger charge is 2.14. The molecule has 0 aliphatic rings. The SMILES string of the molecule is CCCCCCCOc1ccc(-c2cc(-c3ccc([N+](=O)[O-])cc3)nc(N)c2C#N)cc1. The summed E-state index contributed by atoms with van der Waals surface area (Å²) >= 11 is 0. The molecular weight excluding hydrogens is 404 g/mol. The van der Waals surface area contributed by atoms with Crippen LogP contribution in [-0.2, 0) is 0 Å². The third-order valence-corrected chi connectivity index (χ3v) is 5.22. The lowest BCUT2D eigenvalue weighted by Crippen LogP contribution is -2.00. The summed E-state index contributed by atoms with van der Waals surface area (Å²) in [4.78, 5) is 14.8. The Bertz CT molecular complexity index is 1100. The maximum absolute atomic E-state index is 10.9. The van der Waals surface area contributed by atoms with Crippen molar-refractivity contribution in [3.05, 3.63) is 70.3 Å². The lowest BCUT2D eigenvalue weighted by molar-refractivity contribution is -0.384. The molecule has 3 rings (SSSR count). The number of unbranched alkanes of at least 4 members (excludes halogenated alkanes) is 4. The number of nitro benzene ring substituents is 1. The number of nitriles is 1. The van der Waals surface area contributed by atoms with Crippen molar-refractivity contribution in [2.24, 2.45) is 0 Å². The van der Waals surface area contributed by atoms with Gasteiger partial charge in [0.1, 0.15) is 23.2 Å². The van der Waals surface area contributed by atoms with Crippen molar-refractivity contribution in [3.8, 4) is 34.2 Å². The molecule has 164 valence electrons. The van der Waals surface area contributed by atoms with Crippen LogP contribution in [0.4, 0.5) is 11.5 Å². The van der Waals surface area contributed by atoms with Crippen LogP contribution in [0.25, 0.3) is 22.4 Å². The largest absolute Gasteiger partial charge is 0.494 e. The Balaban J connectivity index is 1.80. The molecule has 2 N–H and O–H groups in total. The van der Waals surface area contributed by atoms with Crippen LogP contribution in [0.3, 0.4) is 0 Å². The number of benzene rings is 2. The summed E-state index contributed by atoms with van der Waals surface area (Å²) in [5.41, 5.74) is 9.04. The van der Waals surface area contributed by atoms with Gasteiger partial charge in [-0.1, -0.05) is 44.7 Å². The first kappa shape index (κ1) is 22.8. The van der Waals surface area contributed by atoms with E-state index in [0.717, 1.165) is 17.7 Å². The van der Waals surface area contributed by atoms with Gasteiger partial charge in [0.05, 0.1) is 17.2 Å². The third-order valence-electron chi connectivity index (χ3n) is 5.22. The number of pyridine rings is 1. The average molecular weight is 431 g/mol. The van der Waals surface area contributed by atoms with Gasteiger partial charge in [-0.25, -0.2) is 4.98 Å². The Morgan fingerprint density at radius 1 is 1.03 bits per heavy atom. The molecule has 1 aromatic heterocycles. The molecule has 3 aromatic rings. The first-order valence-electron chi connectivity index (χ1n) is 10.7. The molecule has 0 spiro atoms. The van der Waals surface area contributed by atoms with E-state index in [1.54, 1.807) is 18.2 Å². The molecule has 32 heavy (non-hydrogen) atoms. The van der Waals surface area contributed by atoms with Crippen molar-refractivity contribution in [2.45, 2.75) is 39.0 Å². The fourth-order valence-electron chi connectivity index (χ4n) is 3.44. The summed E-state index contributed by atoms with van der Waals surface area (Å²) < 4.78 is 5.82. The second kappa shape index (κ2) is 10.9. The molecule has 0 saturated heterocycles. The lowest BCUT2D eigenvalue weighted by atomic mass is 9.98. The standard InChI is InChI=1S/C25H26N4O3/c1-2-3-4-5-6-15-32-21-13-9-18(10-14-21)22-16-24(28-25(27)23(22)17-26)19-7-11-20(12-8-19)29(30)31/h7-14,16H,2-6,15H2,1H3,(H2,27,28). The number of nitrogens with zero attached hydrogens (tertiary/aromatic N) is 3. The number of anilines is 1. The monoisotopic (exact) mass is 430 g/mol. The lowest BCUT2D eigenvalue weighted by Gasteiger charge is -2.11. The minimum Gasteiger partial charge on any atom is -0.494 e. The molecule has 0 atom stereocenters. The first-order chi connectivity index (χ1) is 15.5. The van der Waals surface area contributed by atoms with Gasteiger partial charge in [-0.3, -0.25) is 10.1 Å². The van der Waals surface area contributed by atoms with Gasteiger partial charge in [0.25, 0.3) is 5.69 Å². The van der Waals surface area contributed by atoms with Gasteiger partial charge in [-0.2, -0.15) is 5.26 Å². The Morgan fingerprint density at radius 2 is 1.69 bits per heavy atom. The van der Waals surface area contributed by atoms with Crippen molar-refractivity contribution in [1.29, 1.82) is 5.26 Å². The summed E-state index contributed by atoms with van der Waals surface area (Å²) in [6.07, 6.45) is 5.90. The van der Waals surface area contributed by atoms with E-state index in [1.807, 2.05) is 24.3 Å². The quantitative estimate of drug-likeness (QED) is 0.235. The molecule has 0 amide bonds. The fourth-order valence-corrected chi connectivity index (χ4v) is 3.44. The van der Waals surface area contributed by atoms with Crippen LogP contribution < -0.4 is 10.5 Å². The number of nitrogens with two attached hydrogens (primary N) is 1. The van der Waals surface area contributed by atoms with E-state index < -0.39 is 4.92 Å². The molecule has 0 fully saturated rings. The minimum absolute atomic E-state index is 0.00320. The average Bonchev–Trinajstić information content (AvgIpc) is 2.81. The Hall–Kier alpha value is -3.92. The molecule has 0 saturated carbocycles. The Kier molecular flexibility index (Phi) is 7.76. The van der Waals surface area contributed by atoms with Crippen LogP contribution >= 0.6 is 0 Å². The predicted molar refractivity (Wildman–Crippen MR) is 125 cm³/mol. The van der Waals surface area contributed by atoms with E-state index in [0.29, 0.717) is 29.0 Å². The number of hydrogen-bond acceptors (Lipinski definition) is 6. The predicted octanol–water partition coefficient (Wildman–Crippen LogP) is 6.13. The molecule has 0 radical (unpaired) electrons. The Labute approximate surface area is 187 Å². The van der Waals surface area contributed by atoms with E-state index in [9.17, 15) is 15.4 Å². The van der Waals surface area contributed by atoms with Gasteiger partial charge in [0.15, 0.2) is 0 Å². The van der Waals surface area contributed by atoms with Crippen LogP contribution in [-0.4, -0.2) is 16.5 Å². The summed E-state index contributed by atoms with van der Waals surface area (Å²) in [5, 5.41) is 20.5. The molecular formula is C25H26N4O3. The summed E-state index contributed by atoms with van der Waals surface area (Å²) in [7, 11) is 0. The third kappa shape index (κ3) is 5.61. The van der Waals surface area contributed by atoms with Gasteiger partial charge in [-0.15, -0.1) is 0 Å². The second-order valence-corrected chi connectivity index (χ2v) is 7.52. The normalized spacial score (nSPS) is 10.5.